The molecule has 218 valence electrons. The summed E-state index contributed by atoms with van der Waals surface area (Å²) in [5.41, 5.74) is 1.58. The molecule has 0 aliphatic carbocycles. The van der Waals surface area contributed by atoms with Gasteiger partial charge in [-0.3, -0.25) is 0 Å². The van der Waals surface area contributed by atoms with Gasteiger partial charge in [0.05, 0.1) is 60.4 Å². The fourth-order valence-corrected chi connectivity index (χ4v) is 11.0. The lowest BCUT2D eigenvalue weighted by Gasteiger charge is -2.14. The largest absolute Gasteiger partial charge is 0.494 e. The first-order chi connectivity index (χ1) is 19.8. The van der Waals surface area contributed by atoms with Gasteiger partial charge in [0.25, 0.3) is 0 Å². The summed E-state index contributed by atoms with van der Waals surface area (Å²) in [5, 5.41) is 10.0. The van der Waals surface area contributed by atoms with Crippen LogP contribution in [0, 0.1) is 11.3 Å². The molecule has 2 aromatic carbocycles. The highest BCUT2D eigenvalue weighted by Crippen LogP contribution is 2.68. The fraction of sp³-hybridized carbons (Fsp3) is 0.296. The van der Waals surface area contributed by atoms with Crippen molar-refractivity contribution in [3.63, 3.8) is 0 Å². The highest BCUT2D eigenvalue weighted by atomic mass is 32.2. The maximum Gasteiger partial charge on any atom is 0.218 e. The van der Waals surface area contributed by atoms with E-state index in [0.717, 1.165) is 25.2 Å². The molecule has 0 radical (unpaired) electrons. The fourth-order valence-electron chi connectivity index (χ4n) is 3.68. The summed E-state index contributed by atoms with van der Waals surface area (Å²) in [5.74, 6) is 1.13. The van der Waals surface area contributed by atoms with E-state index in [1.807, 2.05) is 19.9 Å². The summed E-state index contributed by atoms with van der Waals surface area (Å²) >= 11 is 5.29. The van der Waals surface area contributed by atoms with E-state index in [1.165, 1.54) is 59.2 Å². The first-order valence-electron chi connectivity index (χ1n) is 12.2. The quantitative estimate of drug-likeness (QED) is 0.0952. The molecule has 2 aliphatic heterocycles. The smallest absolute Gasteiger partial charge is 0.218 e. The van der Waals surface area contributed by atoms with E-state index in [9.17, 15) is 13.7 Å². The molecule has 4 rings (SSSR count). The zero-order chi connectivity index (χ0) is 29.6. The molecule has 14 heteroatoms. The number of nitriles is 1. The molecule has 0 spiro atoms. The van der Waals surface area contributed by atoms with Crippen LogP contribution < -0.4 is 9.47 Å². The average Bonchev–Trinajstić information content (AvgIpc) is 3.60. The Hall–Kier alpha value is -2.06. The Morgan fingerprint density at radius 3 is 1.68 bits per heavy atom. The van der Waals surface area contributed by atoms with Crippen molar-refractivity contribution in [1.82, 2.24) is 0 Å². The molecular weight excluding hydrogens is 627 g/mol. The Balaban J connectivity index is 1.75. The predicted octanol–water partition coefficient (Wildman–Crippen LogP) is 7.06. The third-order valence-electron chi connectivity index (χ3n) is 5.56. The summed E-state index contributed by atoms with van der Waals surface area (Å²) in [7, 11) is -0.963. The van der Waals surface area contributed by atoms with Crippen LogP contribution in [0.3, 0.4) is 0 Å². The van der Waals surface area contributed by atoms with Gasteiger partial charge in [0.1, 0.15) is 30.8 Å². The number of sulfone groups is 1. The number of ether oxygens (including phenoxy) is 2. The minimum Gasteiger partial charge on any atom is -0.494 e. The molecule has 0 fully saturated rings. The van der Waals surface area contributed by atoms with Crippen LogP contribution in [-0.2, 0) is 29.4 Å². The second-order valence-corrected chi connectivity index (χ2v) is 14.5. The van der Waals surface area contributed by atoms with Crippen molar-refractivity contribution in [3.8, 4) is 17.6 Å². The summed E-state index contributed by atoms with van der Waals surface area (Å²) in [6.07, 6.45) is 1.62. The number of thioether (sulfide) groups is 4. The third-order valence-corrected chi connectivity index (χ3v) is 12.9. The maximum absolute atomic E-state index is 13.5. The minimum atomic E-state index is -4.08. The Morgan fingerprint density at radius 2 is 1.29 bits per heavy atom. The van der Waals surface area contributed by atoms with Gasteiger partial charge in [-0.05, 0) is 31.5 Å². The summed E-state index contributed by atoms with van der Waals surface area (Å²) in [6, 6.07) is 8.16. The molecule has 0 saturated carbocycles. The standard InChI is InChI=1S/C27H27NO8S5/c1-6-16-9-11-18(12-10-16)41(29,30)19(13-28)27-39-24-20(31-4)22-23(21(32-5)25(24)40-27)38-26(37-22)17(14-35-33-7-2)15-36-34-8-3/h6,9-12H,1,7-8,14-15H2,2-5H3. The van der Waals surface area contributed by atoms with E-state index >= 15 is 0 Å². The number of allylic oxidation sites excluding steroid dienone is 1. The van der Waals surface area contributed by atoms with Crippen LogP contribution in [0.1, 0.15) is 19.4 Å². The number of rotatable bonds is 13. The van der Waals surface area contributed by atoms with E-state index in [4.69, 9.17) is 29.0 Å². The topological polar surface area (TPSA) is 113 Å². The van der Waals surface area contributed by atoms with Gasteiger partial charge < -0.3 is 9.47 Å². The number of hydrogen-bond acceptors (Lipinski definition) is 13. The van der Waals surface area contributed by atoms with Crippen LogP contribution >= 0.6 is 47.0 Å². The van der Waals surface area contributed by atoms with Crippen molar-refractivity contribution in [2.24, 2.45) is 0 Å². The Kier molecular flexibility index (Phi) is 11.2. The van der Waals surface area contributed by atoms with Crippen molar-refractivity contribution < 1.29 is 37.4 Å². The molecule has 0 unspecified atom stereocenters. The van der Waals surface area contributed by atoms with Gasteiger partial charge in [0, 0.05) is 5.57 Å². The van der Waals surface area contributed by atoms with Crippen molar-refractivity contribution in [2.45, 2.75) is 38.3 Å². The lowest BCUT2D eigenvalue weighted by molar-refractivity contribution is -0.299. The number of benzene rings is 2. The second-order valence-electron chi connectivity index (χ2n) is 8.02. The van der Waals surface area contributed by atoms with Gasteiger partial charge >= 0.3 is 0 Å². The van der Waals surface area contributed by atoms with Crippen LogP contribution in [-0.4, -0.2) is 49.1 Å². The van der Waals surface area contributed by atoms with E-state index in [0.29, 0.717) is 38.7 Å². The molecule has 2 aliphatic rings. The third kappa shape index (κ3) is 6.64. The molecule has 0 aromatic heterocycles. The first-order valence-corrected chi connectivity index (χ1v) is 16.9. The minimum absolute atomic E-state index is 0.0303. The Morgan fingerprint density at radius 1 is 0.829 bits per heavy atom. The van der Waals surface area contributed by atoms with E-state index in [1.54, 1.807) is 32.4 Å². The summed E-state index contributed by atoms with van der Waals surface area (Å²) < 4.78 is 39.9. The Labute approximate surface area is 256 Å². The molecule has 2 heterocycles. The molecule has 41 heavy (non-hydrogen) atoms. The van der Waals surface area contributed by atoms with Gasteiger partial charge in [-0.15, -0.1) is 0 Å². The van der Waals surface area contributed by atoms with Crippen molar-refractivity contribution in [3.05, 3.63) is 55.4 Å². The predicted molar refractivity (Wildman–Crippen MR) is 162 cm³/mol. The number of nitrogens with zero attached hydrogens (tertiary/aromatic N) is 1. The molecular formula is C27H27NO8S5. The number of fused-ring (bicyclic) bond motifs is 2. The van der Waals surface area contributed by atoms with Gasteiger partial charge in [-0.1, -0.05) is 71.8 Å². The highest BCUT2D eigenvalue weighted by Gasteiger charge is 2.39. The highest BCUT2D eigenvalue weighted by molar-refractivity contribution is 8.26. The number of methoxy groups -OCH3 is 2. The molecule has 0 bridgehead atoms. The van der Waals surface area contributed by atoms with E-state index in [-0.39, 0.29) is 23.0 Å². The van der Waals surface area contributed by atoms with Gasteiger partial charge in [-0.25, -0.2) is 28.0 Å². The first kappa shape index (κ1) is 31.9. The second kappa shape index (κ2) is 14.4. The van der Waals surface area contributed by atoms with Crippen LogP contribution in [0.5, 0.6) is 11.5 Å². The zero-order valence-electron chi connectivity index (χ0n) is 22.7. The lowest BCUT2D eigenvalue weighted by atomic mass is 10.2. The van der Waals surface area contributed by atoms with E-state index in [2.05, 4.69) is 6.58 Å². The SMILES string of the molecule is C=Cc1ccc(S(=O)(=O)C(C#N)=C2Sc3c(OC)c4c(c(OC)c3S2)SC(=C(COOCC)COOCC)S4)cc1. The molecule has 0 saturated heterocycles. The lowest BCUT2D eigenvalue weighted by Crippen LogP contribution is -2.08. The van der Waals surface area contributed by atoms with Crippen LogP contribution in [0.4, 0.5) is 0 Å². The molecule has 0 atom stereocenters. The molecule has 2 aromatic rings. The molecule has 0 N–H and O–H groups in total. The average molecular weight is 654 g/mol. The van der Waals surface area contributed by atoms with Gasteiger partial charge in [-0.2, -0.15) is 5.26 Å². The van der Waals surface area contributed by atoms with Crippen molar-refractivity contribution in [2.75, 3.05) is 40.6 Å². The Bertz CT molecular complexity index is 1470. The van der Waals surface area contributed by atoms with Gasteiger partial charge in [0.15, 0.2) is 4.91 Å². The summed E-state index contributed by atoms with van der Waals surface area (Å²) in [6.45, 7) is 8.48. The van der Waals surface area contributed by atoms with Crippen LogP contribution in [0.2, 0.25) is 0 Å². The van der Waals surface area contributed by atoms with Crippen molar-refractivity contribution >= 4 is 63.0 Å². The van der Waals surface area contributed by atoms with E-state index < -0.39 is 9.84 Å². The zero-order valence-corrected chi connectivity index (χ0v) is 26.8. The van der Waals surface area contributed by atoms with Gasteiger partial charge in [0.2, 0.25) is 9.84 Å². The molecule has 9 nitrogen and oxygen atoms in total. The maximum atomic E-state index is 13.5. The normalized spacial score (nSPS) is 13.9. The number of hydrogen-bond donors (Lipinski definition) is 0. The summed E-state index contributed by atoms with van der Waals surface area (Å²) in [4.78, 5) is 23.5. The van der Waals surface area contributed by atoms with Crippen LogP contribution in [0.15, 0.2) is 74.3 Å². The van der Waals surface area contributed by atoms with Crippen molar-refractivity contribution in [1.29, 1.82) is 5.26 Å². The monoisotopic (exact) mass is 653 g/mol. The molecule has 0 amide bonds. The van der Waals surface area contributed by atoms with Crippen LogP contribution in [0.25, 0.3) is 6.08 Å².